The molecule has 1 fully saturated rings. The van der Waals surface area contributed by atoms with E-state index in [1.807, 2.05) is 38.1 Å². The van der Waals surface area contributed by atoms with E-state index >= 15 is 0 Å². The molecule has 0 spiro atoms. The van der Waals surface area contributed by atoms with Gasteiger partial charge in [-0.2, -0.15) is 0 Å². The highest BCUT2D eigenvalue weighted by molar-refractivity contribution is 5.86. The molecule has 0 aromatic heterocycles. The van der Waals surface area contributed by atoms with Gasteiger partial charge in [0, 0.05) is 0 Å². The summed E-state index contributed by atoms with van der Waals surface area (Å²) in [6, 6.07) is 14.9. The first kappa shape index (κ1) is 30.2. The first-order valence-corrected chi connectivity index (χ1v) is 11.9. The van der Waals surface area contributed by atoms with Gasteiger partial charge in [-0.15, -0.1) is 0 Å². The average Bonchev–Trinajstić information content (AvgIpc) is 2.87. The molecule has 192 valence electrons. The van der Waals surface area contributed by atoms with Crippen molar-refractivity contribution in [2.75, 3.05) is 0 Å². The van der Waals surface area contributed by atoms with Crippen LogP contribution in [-0.2, 0) is 19.2 Å². The molecular weight excluding hydrogens is 456 g/mol. The molecule has 0 aliphatic heterocycles. The van der Waals surface area contributed by atoms with Crippen LogP contribution in [0.1, 0.15) is 50.7 Å². The molecule has 36 heavy (non-hydrogen) atoms. The van der Waals surface area contributed by atoms with Crippen LogP contribution in [0.3, 0.4) is 0 Å². The lowest BCUT2D eigenvalue weighted by atomic mass is 9.82. The van der Waals surface area contributed by atoms with Crippen LogP contribution in [0, 0.1) is 25.7 Å². The Kier molecular flexibility index (Phi) is 13.4. The summed E-state index contributed by atoms with van der Waals surface area (Å²) >= 11 is 0. The Bertz CT molecular complexity index is 941. The second kappa shape index (κ2) is 16.0. The van der Waals surface area contributed by atoms with Gasteiger partial charge in [0.05, 0.1) is 11.8 Å². The first-order valence-electron chi connectivity index (χ1n) is 11.9. The van der Waals surface area contributed by atoms with Crippen molar-refractivity contribution in [2.45, 2.75) is 53.4 Å². The molecule has 0 unspecified atom stereocenters. The number of rotatable bonds is 6. The molecule has 2 aromatic carbocycles. The monoisotopic (exact) mass is 492 g/mol. The molecule has 1 aliphatic rings. The lowest BCUT2D eigenvalue weighted by Gasteiger charge is -2.25. The van der Waals surface area contributed by atoms with Crippen LogP contribution in [0.5, 0.6) is 11.5 Å². The Morgan fingerprint density at radius 3 is 1.11 bits per heavy atom. The van der Waals surface area contributed by atoms with E-state index in [0.717, 1.165) is 11.1 Å². The van der Waals surface area contributed by atoms with Gasteiger partial charge in [0.1, 0.15) is 11.5 Å². The van der Waals surface area contributed by atoms with E-state index in [4.69, 9.17) is 9.47 Å². The molecule has 3 rings (SSSR count). The van der Waals surface area contributed by atoms with Gasteiger partial charge in [-0.1, -0.05) is 48.6 Å². The lowest BCUT2D eigenvalue weighted by molar-refractivity contribution is -0.145. The fourth-order valence-electron chi connectivity index (χ4n) is 3.18. The highest BCUT2D eigenvalue weighted by Gasteiger charge is 2.32. The lowest BCUT2D eigenvalue weighted by Crippen LogP contribution is -2.30. The molecule has 0 radical (unpaired) electrons. The van der Waals surface area contributed by atoms with Crippen LogP contribution in [0.15, 0.2) is 73.8 Å². The minimum atomic E-state index is -0.209. The predicted octanol–water partition coefficient (Wildman–Crippen LogP) is 6.14. The summed E-state index contributed by atoms with van der Waals surface area (Å²) in [6.07, 6.45) is 5.16. The smallest absolute Gasteiger partial charge is 0.314 e. The van der Waals surface area contributed by atoms with Crippen molar-refractivity contribution in [1.82, 2.24) is 0 Å². The predicted molar refractivity (Wildman–Crippen MR) is 141 cm³/mol. The van der Waals surface area contributed by atoms with E-state index in [9.17, 15) is 19.2 Å². The number of hydrogen-bond acceptors (Lipinski definition) is 6. The van der Waals surface area contributed by atoms with Crippen LogP contribution in [0.25, 0.3) is 0 Å². The number of carbonyl (C=O) groups is 4. The van der Waals surface area contributed by atoms with Gasteiger partial charge in [0.2, 0.25) is 0 Å². The maximum atomic E-state index is 12.3. The Hall–Kier alpha value is -3.80. The minimum absolute atomic E-state index is 0.0185. The van der Waals surface area contributed by atoms with Crippen LogP contribution < -0.4 is 9.47 Å². The highest BCUT2D eigenvalue weighted by atomic mass is 16.5. The van der Waals surface area contributed by atoms with Gasteiger partial charge < -0.3 is 9.47 Å². The van der Waals surface area contributed by atoms with Gasteiger partial charge in [-0.3, -0.25) is 19.2 Å². The van der Waals surface area contributed by atoms with E-state index in [1.54, 1.807) is 24.3 Å². The van der Waals surface area contributed by atoms with Crippen molar-refractivity contribution in [3.05, 3.63) is 85.0 Å². The number of esters is 2. The zero-order chi connectivity index (χ0) is 27.1. The number of benzene rings is 2. The molecule has 0 amide bonds. The molecule has 0 bridgehead atoms. The number of carbonyl (C=O) groups excluding carboxylic acids is 4. The van der Waals surface area contributed by atoms with Gasteiger partial charge in [0.25, 0.3) is 0 Å². The molecular formula is C30H36O6. The van der Waals surface area contributed by atoms with Gasteiger partial charge in [-0.25, -0.2) is 0 Å². The van der Waals surface area contributed by atoms with E-state index in [1.165, 1.54) is 26.0 Å². The third-order valence-electron chi connectivity index (χ3n) is 5.45. The molecule has 0 heterocycles. The van der Waals surface area contributed by atoms with E-state index in [0.29, 0.717) is 37.2 Å². The first-order chi connectivity index (χ1) is 17.0. The van der Waals surface area contributed by atoms with Crippen LogP contribution in [0.2, 0.25) is 0 Å². The number of ketones is 2. The molecule has 6 heteroatoms. The molecule has 0 atom stereocenters. The zero-order valence-corrected chi connectivity index (χ0v) is 21.6. The Balaban J connectivity index is 0.000000550. The largest absolute Gasteiger partial charge is 0.426 e. The fraction of sp³-hybridized carbons (Fsp3) is 0.333. The normalized spacial score (nSPS) is 16.0. The summed E-state index contributed by atoms with van der Waals surface area (Å²) in [5.74, 6) is 0.455. The zero-order valence-electron chi connectivity index (χ0n) is 21.6. The third-order valence-corrected chi connectivity index (χ3v) is 5.45. The van der Waals surface area contributed by atoms with Crippen molar-refractivity contribution < 1.29 is 28.7 Å². The number of hydrogen-bond donors (Lipinski definition) is 0. The second-order valence-corrected chi connectivity index (χ2v) is 8.65. The summed E-state index contributed by atoms with van der Waals surface area (Å²) in [4.78, 5) is 44.0. The average molecular weight is 493 g/mol. The van der Waals surface area contributed by atoms with Crippen LogP contribution >= 0.6 is 0 Å². The van der Waals surface area contributed by atoms with Gasteiger partial charge in [0.15, 0.2) is 11.6 Å². The molecule has 1 aliphatic carbocycles. The Morgan fingerprint density at radius 1 is 0.639 bits per heavy atom. The van der Waals surface area contributed by atoms with Crippen molar-refractivity contribution >= 4 is 23.5 Å². The van der Waals surface area contributed by atoms with Crippen molar-refractivity contribution in [2.24, 2.45) is 11.8 Å². The maximum absolute atomic E-state index is 12.3. The quantitative estimate of drug-likeness (QED) is 0.273. The summed E-state index contributed by atoms with van der Waals surface area (Å²) in [7, 11) is 0. The van der Waals surface area contributed by atoms with Gasteiger partial charge in [-0.05, 0) is 89.8 Å². The third kappa shape index (κ3) is 12.1. The number of ether oxygens (including phenoxy) is 2. The second-order valence-electron chi connectivity index (χ2n) is 8.65. The SMILES string of the molecule is C=CC(C)=O.C=CC(C)=O.Cc1ccc(OC(=O)C2CCC(C(=O)Oc3ccc(C)cc3)CC2)cc1. The van der Waals surface area contributed by atoms with Crippen molar-refractivity contribution in [3.63, 3.8) is 0 Å². The van der Waals surface area contributed by atoms with E-state index in [2.05, 4.69) is 13.2 Å². The molecule has 0 saturated heterocycles. The van der Waals surface area contributed by atoms with Gasteiger partial charge >= 0.3 is 11.9 Å². The van der Waals surface area contributed by atoms with Crippen LogP contribution in [-0.4, -0.2) is 23.5 Å². The summed E-state index contributed by atoms with van der Waals surface area (Å²) < 4.78 is 10.9. The molecule has 0 N–H and O–H groups in total. The van der Waals surface area contributed by atoms with Crippen LogP contribution in [0.4, 0.5) is 0 Å². The molecule has 6 nitrogen and oxygen atoms in total. The number of aryl methyl sites for hydroxylation is 2. The van der Waals surface area contributed by atoms with E-state index < -0.39 is 0 Å². The summed E-state index contributed by atoms with van der Waals surface area (Å²) in [6.45, 7) is 13.3. The van der Waals surface area contributed by atoms with Crippen molar-refractivity contribution in [1.29, 1.82) is 0 Å². The molecule has 1 saturated carbocycles. The Morgan fingerprint density at radius 2 is 0.889 bits per heavy atom. The van der Waals surface area contributed by atoms with E-state index in [-0.39, 0.29) is 35.3 Å². The number of allylic oxidation sites excluding steroid dienone is 2. The topological polar surface area (TPSA) is 86.7 Å². The summed E-state index contributed by atoms with van der Waals surface area (Å²) in [5, 5.41) is 0. The molecule has 2 aromatic rings. The van der Waals surface area contributed by atoms with Crippen molar-refractivity contribution in [3.8, 4) is 11.5 Å². The maximum Gasteiger partial charge on any atom is 0.314 e. The minimum Gasteiger partial charge on any atom is -0.426 e. The fourth-order valence-corrected chi connectivity index (χ4v) is 3.18. The highest BCUT2D eigenvalue weighted by Crippen LogP contribution is 2.31. The Labute approximate surface area is 214 Å². The standard InChI is InChI=1S/C22H24O4.2C4H6O/c1-15-3-11-19(12-4-15)25-21(23)17-7-9-18(10-8-17)22(24)26-20-13-5-16(2)6-14-20;2*1-3-4(2)5/h3-6,11-14,17-18H,7-10H2,1-2H3;2*3H,1H2,2H3. The summed E-state index contributed by atoms with van der Waals surface area (Å²) in [5.41, 5.74) is 2.25.